The van der Waals surface area contributed by atoms with Crippen molar-refractivity contribution in [3.8, 4) is 0 Å². The van der Waals surface area contributed by atoms with Gasteiger partial charge in [0.05, 0.1) is 5.92 Å². The zero-order valence-corrected chi connectivity index (χ0v) is 10.3. The van der Waals surface area contributed by atoms with Gasteiger partial charge in [-0.3, -0.25) is 4.79 Å². The molecule has 3 heteroatoms. The molecular weight excluding hydrogens is 202 g/mol. The van der Waals surface area contributed by atoms with E-state index in [4.69, 9.17) is 0 Å². The molecule has 0 aromatic carbocycles. The third-order valence-corrected chi connectivity index (χ3v) is 4.43. The summed E-state index contributed by atoms with van der Waals surface area (Å²) < 4.78 is 0. The molecule has 1 aliphatic heterocycles. The van der Waals surface area contributed by atoms with Crippen molar-refractivity contribution in [2.75, 3.05) is 13.1 Å². The molecular formula is C13H23NO2. The predicted molar refractivity (Wildman–Crippen MR) is 63.2 cm³/mol. The predicted octanol–water partition coefficient (Wildman–Crippen LogP) is 2.12. The number of carboxylic acids is 1. The Hall–Kier alpha value is -0.570. The maximum Gasteiger partial charge on any atom is 0.308 e. The first-order chi connectivity index (χ1) is 7.49. The molecule has 92 valence electrons. The van der Waals surface area contributed by atoms with E-state index in [0.717, 1.165) is 6.54 Å². The van der Waals surface area contributed by atoms with E-state index >= 15 is 0 Å². The summed E-state index contributed by atoms with van der Waals surface area (Å²) in [4.78, 5) is 11.2. The molecule has 0 bridgehead atoms. The molecule has 1 saturated carbocycles. The van der Waals surface area contributed by atoms with E-state index in [2.05, 4.69) is 19.2 Å². The van der Waals surface area contributed by atoms with E-state index < -0.39 is 5.97 Å². The number of nitrogens with one attached hydrogen (secondary N) is 1. The van der Waals surface area contributed by atoms with E-state index in [9.17, 15) is 9.90 Å². The van der Waals surface area contributed by atoms with E-state index in [-0.39, 0.29) is 5.92 Å². The maximum absolute atomic E-state index is 11.2. The van der Waals surface area contributed by atoms with Crippen LogP contribution in [-0.4, -0.2) is 24.2 Å². The molecule has 0 aromatic rings. The van der Waals surface area contributed by atoms with Crippen LogP contribution in [0.15, 0.2) is 0 Å². The number of aliphatic carboxylic acids is 1. The Morgan fingerprint density at radius 3 is 2.75 bits per heavy atom. The minimum absolute atomic E-state index is 0.154. The van der Waals surface area contributed by atoms with Gasteiger partial charge in [-0.1, -0.05) is 26.7 Å². The monoisotopic (exact) mass is 225 g/mol. The first-order valence-corrected chi connectivity index (χ1v) is 6.43. The van der Waals surface area contributed by atoms with Crippen LogP contribution in [0.4, 0.5) is 0 Å². The number of carbonyl (C=O) groups is 1. The van der Waals surface area contributed by atoms with Gasteiger partial charge in [0.25, 0.3) is 0 Å². The van der Waals surface area contributed by atoms with Crippen LogP contribution in [0.5, 0.6) is 0 Å². The quantitative estimate of drug-likeness (QED) is 0.757. The summed E-state index contributed by atoms with van der Waals surface area (Å²) in [5, 5.41) is 12.5. The van der Waals surface area contributed by atoms with Crippen LogP contribution < -0.4 is 5.32 Å². The lowest BCUT2D eigenvalue weighted by Gasteiger charge is -2.39. The van der Waals surface area contributed by atoms with Crippen LogP contribution in [0.3, 0.4) is 0 Å². The SMILES string of the molecule is CC1(C)CCCC(C2CNCC2C(=O)O)C1. The highest BCUT2D eigenvalue weighted by Crippen LogP contribution is 2.44. The first kappa shape index (κ1) is 11.9. The molecule has 16 heavy (non-hydrogen) atoms. The molecule has 0 spiro atoms. The van der Waals surface area contributed by atoms with Crippen molar-refractivity contribution < 1.29 is 9.90 Å². The lowest BCUT2D eigenvalue weighted by molar-refractivity contribution is -0.143. The van der Waals surface area contributed by atoms with Gasteiger partial charge in [-0.25, -0.2) is 0 Å². The van der Waals surface area contributed by atoms with Crippen LogP contribution >= 0.6 is 0 Å². The average Bonchev–Trinajstić information content (AvgIpc) is 2.64. The summed E-state index contributed by atoms with van der Waals surface area (Å²) in [5.41, 5.74) is 0.411. The number of hydrogen-bond acceptors (Lipinski definition) is 2. The largest absolute Gasteiger partial charge is 0.481 e. The van der Waals surface area contributed by atoms with E-state index in [0.29, 0.717) is 23.8 Å². The summed E-state index contributed by atoms with van der Waals surface area (Å²) in [6.45, 7) is 6.20. The number of hydrogen-bond donors (Lipinski definition) is 2. The third-order valence-electron chi connectivity index (χ3n) is 4.43. The first-order valence-electron chi connectivity index (χ1n) is 6.43. The second kappa shape index (κ2) is 4.36. The molecule has 2 rings (SSSR count). The molecule has 3 atom stereocenters. The molecule has 0 amide bonds. The summed E-state index contributed by atoms with van der Waals surface area (Å²) in [7, 11) is 0. The highest BCUT2D eigenvalue weighted by molar-refractivity contribution is 5.71. The van der Waals surface area contributed by atoms with Crippen LogP contribution in [0.1, 0.15) is 39.5 Å². The molecule has 2 aliphatic rings. The normalized spacial score (nSPS) is 38.5. The van der Waals surface area contributed by atoms with Crippen LogP contribution in [0, 0.1) is 23.2 Å². The Bertz CT molecular complexity index is 275. The van der Waals surface area contributed by atoms with Crippen molar-refractivity contribution in [2.45, 2.75) is 39.5 Å². The Morgan fingerprint density at radius 1 is 1.38 bits per heavy atom. The fraction of sp³-hybridized carbons (Fsp3) is 0.923. The maximum atomic E-state index is 11.2. The molecule has 1 aliphatic carbocycles. The fourth-order valence-corrected chi connectivity index (χ4v) is 3.59. The van der Waals surface area contributed by atoms with Gasteiger partial charge in [-0.2, -0.15) is 0 Å². The minimum Gasteiger partial charge on any atom is -0.481 e. The van der Waals surface area contributed by atoms with Crippen molar-refractivity contribution in [1.29, 1.82) is 0 Å². The molecule has 3 nitrogen and oxygen atoms in total. The topological polar surface area (TPSA) is 49.3 Å². The summed E-state index contributed by atoms with van der Waals surface area (Å²) in [5.74, 6) is 0.203. The summed E-state index contributed by atoms with van der Waals surface area (Å²) >= 11 is 0. The summed E-state index contributed by atoms with van der Waals surface area (Å²) in [6, 6.07) is 0. The second-order valence-corrected chi connectivity index (χ2v) is 6.29. The standard InChI is InChI=1S/C13H23NO2/c1-13(2)5-3-4-9(6-13)10-7-14-8-11(10)12(15)16/h9-11,14H,3-8H2,1-2H3,(H,15,16). The lowest BCUT2D eigenvalue weighted by Crippen LogP contribution is -2.33. The highest BCUT2D eigenvalue weighted by Gasteiger charge is 2.41. The molecule has 3 unspecified atom stereocenters. The van der Waals surface area contributed by atoms with Gasteiger partial charge in [0, 0.05) is 6.54 Å². The molecule has 1 saturated heterocycles. The zero-order valence-electron chi connectivity index (χ0n) is 10.3. The smallest absolute Gasteiger partial charge is 0.308 e. The third kappa shape index (κ3) is 2.40. The summed E-state index contributed by atoms with van der Waals surface area (Å²) in [6.07, 6.45) is 4.98. The average molecular weight is 225 g/mol. The molecule has 0 radical (unpaired) electrons. The Kier molecular flexibility index (Phi) is 3.24. The molecule has 2 N–H and O–H groups in total. The zero-order chi connectivity index (χ0) is 11.8. The highest BCUT2D eigenvalue weighted by atomic mass is 16.4. The van der Waals surface area contributed by atoms with Crippen molar-refractivity contribution in [3.63, 3.8) is 0 Å². The van der Waals surface area contributed by atoms with Gasteiger partial charge in [0.1, 0.15) is 0 Å². The number of rotatable bonds is 2. The van der Waals surface area contributed by atoms with Gasteiger partial charge in [-0.15, -0.1) is 0 Å². The fourth-order valence-electron chi connectivity index (χ4n) is 3.59. The molecule has 2 fully saturated rings. The molecule has 1 heterocycles. The Balaban J connectivity index is 2.03. The van der Waals surface area contributed by atoms with Crippen molar-refractivity contribution in [3.05, 3.63) is 0 Å². The van der Waals surface area contributed by atoms with E-state index in [1.807, 2.05) is 0 Å². The van der Waals surface area contributed by atoms with Gasteiger partial charge >= 0.3 is 5.97 Å². The van der Waals surface area contributed by atoms with Gasteiger partial charge < -0.3 is 10.4 Å². The van der Waals surface area contributed by atoms with Crippen molar-refractivity contribution in [1.82, 2.24) is 5.32 Å². The van der Waals surface area contributed by atoms with Crippen molar-refractivity contribution >= 4 is 5.97 Å². The van der Waals surface area contributed by atoms with Crippen LogP contribution in [0.25, 0.3) is 0 Å². The Labute approximate surface area is 97.6 Å². The van der Waals surface area contributed by atoms with Gasteiger partial charge in [0.2, 0.25) is 0 Å². The van der Waals surface area contributed by atoms with Crippen LogP contribution in [-0.2, 0) is 4.79 Å². The van der Waals surface area contributed by atoms with Gasteiger partial charge in [0.15, 0.2) is 0 Å². The molecule has 0 aromatic heterocycles. The number of carboxylic acid groups (broad SMARTS) is 1. The second-order valence-electron chi connectivity index (χ2n) is 6.29. The minimum atomic E-state index is -0.613. The van der Waals surface area contributed by atoms with E-state index in [1.165, 1.54) is 25.7 Å². The Morgan fingerprint density at radius 2 is 2.12 bits per heavy atom. The van der Waals surface area contributed by atoms with E-state index in [1.54, 1.807) is 0 Å². The van der Waals surface area contributed by atoms with Crippen molar-refractivity contribution in [2.24, 2.45) is 23.2 Å². The lowest BCUT2D eigenvalue weighted by atomic mass is 9.66. The van der Waals surface area contributed by atoms with Crippen LogP contribution in [0.2, 0.25) is 0 Å². The van der Waals surface area contributed by atoms with Gasteiger partial charge in [-0.05, 0) is 36.6 Å².